The number of thiophene rings is 1. The highest BCUT2D eigenvalue weighted by Crippen LogP contribution is 2.37. The molecule has 0 amide bonds. The highest BCUT2D eigenvalue weighted by atomic mass is 32.1. The summed E-state index contributed by atoms with van der Waals surface area (Å²) in [6.45, 7) is 0.791. The number of anilines is 1. The molecule has 1 aliphatic carbocycles. The summed E-state index contributed by atoms with van der Waals surface area (Å²) in [4.78, 5) is 13.7. The van der Waals surface area contributed by atoms with E-state index in [0.29, 0.717) is 10.7 Å². The zero-order valence-corrected chi connectivity index (χ0v) is 18.0. The van der Waals surface area contributed by atoms with E-state index in [1.165, 1.54) is 36.8 Å². The second kappa shape index (κ2) is 10.6. The van der Waals surface area contributed by atoms with Gasteiger partial charge in [0.25, 0.3) is 0 Å². The maximum Gasteiger partial charge on any atom is 0.341 e. The largest absolute Gasteiger partial charge is 0.465 e. The molecule has 0 fully saturated rings. The molecule has 1 aromatic carbocycles. The zero-order valence-electron chi connectivity index (χ0n) is 16.4. The average molecular weight is 417 g/mol. The number of rotatable bonds is 6. The Morgan fingerprint density at radius 1 is 1.14 bits per heavy atom. The van der Waals surface area contributed by atoms with E-state index in [0.717, 1.165) is 49.2 Å². The van der Waals surface area contributed by atoms with Gasteiger partial charge in [0.2, 0.25) is 0 Å². The molecule has 4 nitrogen and oxygen atoms in total. The van der Waals surface area contributed by atoms with Crippen molar-refractivity contribution >= 4 is 39.6 Å². The molecule has 0 saturated carbocycles. The number of hydrogen-bond acceptors (Lipinski definition) is 4. The fourth-order valence-electron chi connectivity index (χ4n) is 3.61. The SMILES string of the molecule is COC(=O)c1c(NC(=S)NCCCc2ccccc2)sc2c1CCCCCC2. The monoisotopic (exact) mass is 416 g/mol. The molecule has 6 heteroatoms. The van der Waals surface area contributed by atoms with Gasteiger partial charge in [-0.1, -0.05) is 43.2 Å². The second-order valence-electron chi connectivity index (χ2n) is 7.08. The van der Waals surface area contributed by atoms with Crippen molar-refractivity contribution in [1.82, 2.24) is 5.32 Å². The molecule has 2 aromatic rings. The second-order valence-corrected chi connectivity index (χ2v) is 8.60. The Bertz CT molecular complexity index is 802. The molecule has 1 heterocycles. The Balaban J connectivity index is 1.61. The van der Waals surface area contributed by atoms with Crippen LogP contribution in [0.3, 0.4) is 0 Å². The predicted molar refractivity (Wildman–Crippen MR) is 121 cm³/mol. The molecular weight excluding hydrogens is 388 g/mol. The van der Waals surface area contributed by atoms with Gasteiger partial charge in [-0.3, -0.25) is 0 Å². The van der Waals surface area contributed by atoms with Crippen LogP contribution in [-0.2, 0) is 24.0 Å². The number of esters is 1. The normalized spacial score (nSPS) is 13.8. The highest BCUT2D eigenvalue weighted by molar-refractivity contribution is 7.80. The molecule has 28 heavy (non-hydrogen) atoms. The molecule has 1 aliphatic rings. The van der Waals surface area contributed by atoms with Crippen molar-refractivity contribution in [2.24, 2.45) is 0 Å². The lowest BCUT2D eigenvalue weighted by atomic mass is 9.96. The average Bonchev–Trinajstić information content (AvgIpc) is 3.01. The molecule has 1 aromatic heterocycles. The van der Waals surface area contributed by atoms with E-state index in [9.17, 15) is 4.79 Å². The van der Waals surface area contributed by atoms with Gasteiger partial charge in [-0.05, 0) is 61.9 Å². The van der Waals surface area contributed by atoms with Gasteiger partial charge >= 0.3 is 5.97 Å². The third-order valence-corrected chi connectivity index (χ3v) is 6.51. The van der Waals surface area contributed by atoms with Crippen LogP contribution in [0.5, 0.6) is 0 Å². The van der Waals surface area contributed by atoms with E-state index in [4.69, 9.17) is 17.0 Å². The van der Waals surface area contributed by atoms with E-state index in [-0.39, 0.29) is 5.97 Å². The zero-order chi connectivity index (χ0) is 19.8. The van der Waals surface area contributed by atoms with Gasteiger partial charge in [-0.15, -0.1) is 11.3 Å². The van der Waals surface area contributed by atoms with Crippen molar-refractivity contribution in [3.63, 3.8) is 0 Å². The third-order valence-electron chi connectivity index (χ3n) is 5.06. The molecule has 0 unspecified atom stereocenters. The summed E-state index contributed by atoms with van der Waals surface area (Å²) in [5.74, 6) is -0.271. The molecule has 2 N–H and O–H groups in total. The number of carbonyl (C=O) groups excluding carboxylic acids is 1. The van der Waals surface area contributed by atoms with E-state index in [1.54, 1.807) is 11.3 Å². The maximum atomic E-state index is 12.4. The molecule has 0 saturated heterocycles. The smallest absolute Gasteiger partial charge is 0.341 e. The van der Waals surface area contributed by atoms with Gasteiger partial charge in [-0.2, -0.15) is 0 Å². The van der Waals surface area contributed by atoms with E-state index in [1.807, 2.05) is 6.07 Å². The molecule has 0 radical (unpaired) electrons. The number of fused-ring (bicyclic) bond motifs is 1. The third kappa shape index (κ3) is 5.55. The van der Waals surface area contributed by atoms with Gasteiger partial charge in [0.1, 0.15) is 5.00 Å². The number of carbonyl (C=O) groups is 1. The topological polar surface area (TPSA) is 50.4 Å². The fraction of sp³-hybridized carbons (Fsp3) is 0.455. The minimum Gasteiger partial charge on any atom is -0.465 e. The Labute approximate surface area is 176 Å². The van der Waals surface area contributed by atoms with Crippen LogP contribution in [0.1, 0.15) is 58.5 Å². The molecule has 0 atom stereocenters. The number of thiocarbonyl (C=S) groups is 1. The Morgan fingerprint density at radius 3 is 2.64 bits per heavy atom. The van der Waals surface area contributed by atoms with E-state index in [2.05, 4.69) is 34.9 Å². The lowest BCUT2D eigenvalue weighted by molar-refractivity contribution is 0.0601. The molecule has 150 valence electrons. The van der Waals surface area contributed by atoms with Crippen LogP contribution in [-0.4, -0.2) is 24.7 Å². The minimum atomic E-state index is -0.271. The number of benzene rings is 1. The van der Waals surface area contributed by atoms with Gasteiger partial charge in [-0.25, -0.2) is 4.79 Å². The van der Waals surface area contributed by atoms with Crippen LogP contribution in [0.15, 0.2) is 30.3 Å². The highest BCUT2D eigenvalue weighted by Gasteiger charge is 2.25. The summed E-state index contributed by atoms with van der Waals surface area (Å²) < 4.78 is 5.07. The van der Waals surface area contributed by atoms with Crippen molar-refractivity contribution < 1.29 is 9.53 Å². The Kier molecular flexibility index (Phi) is 7.86. The van der Waals surface area contributed by atoms with Gasteiger partial charge in [0, 0.05) is 11.4 Å². The fourth-order valence-corrected chi connectivity index (χ4v) is 5.16. The van der Waals surface area contributed by atoms with Crippen LogP contribution in [0.25, 0.3) is 0 Å². The Hall–Kier alpha value is -1.92. The van der Waals surface area contributed by atoms with Crippen molar-refractivity contribution in [3.05, 3.63) is 51.9 Å². The summed E-state index contributed by atoms with van der Waals surface area (Å²) in [7, 11) is 1.44. The predicted octanol–water partition coefficient (Wildman–Crippen LogP) is 5.11. The summed E-state index contributed by atoms with van der Waals surface area (Å²) in [6, 6.07) is 10.4. The summed E-state index contributed by atoms with van der Waals surface area (Å²) in [6.07, 6.45) is 8.76. The van der Waals surface area contributed by atoms with Crippen LogP contribution < -0.4 is 10.6 Å². The lowest BCUT2D eigenvalue weighted by Crippen LogP contribution is -2.29. The van der Waals surface area contributed by atoms with Crippen LogP contribution >= 0.6 is 23.6 Å². The summed E-state index contributed by atoms with van der Waals surface area (Å²) in [5.41, 5.74) is 3.16. The van der Waals surface area contributed by atoms with Crippen LogP contribution in [0.2, 0.25) is 0 Å². The first-order valence-electron chi connectivity index (χ1n) is 10.0. The molecule has 0 bridgehead atoms. The number of nitrogens with one attached hydrogen (secondary N) is 2. The van der Waals surface area contributed by atoms with Crippen molar-refractivity contribution in [1.29, 1.82) is 0 Å². The van der Waals surface area contributed by atoms with Gasteiger partial charge in [0.05, 0.1) is 12.7 Å². The first-order valence-corrected chi connectivity index (χ1v) is 11.2. The van der Waals surface area contributed by atoms with Gasteiger partial charge < -0.3 is 15.4 Å². The first-order chi connectivity index (χ1) is 13.7. The lowest BCUT2D eigenvalue weighted by Gasteiger charge is -2.12. The number of hydrogen-bond donors (Lipinski definition) is 2. The standard InChI is InChI=1S/C22H28N2O2S2/c1-26-21(25)19-17-13-7-2-3-8-14-18(17)28-20(19)24-22(27)23-15-9-12-16-10-5-4-6-11-16/h4-6,10-11H,2-3,7-9,12-15H2,1H3,(H2,23,24,27). The van der Waals surface area contributed by atoms with E-state index >= 15 is 0 Å². The quantitative estimate of drug-likeness (QED) is 0.389. The van der Waals surface area contributed by atoms with Crippen LogP contribution in [0.4, 0.5) is 5.00 Å². The van der Waals surface area contributed by atoms with Crippen molar-refractivity contribution in [3.8, 4) is 0 Å². The van der Waals surface area contributed by atoms with Crippen LogP contribution in [0, 0.1) is 0 Å². The number of methoxy groups -OCH3 is 1. The maximum absolute atomic E-state index is 12.4. The van der Waals surface area contributed by atoms with Crippen molar-refractivity contribution in [2.75, 3.05) is 19.0 Å². The van der Waals surface area contributed by atoms with E-state index < -0.39 is 0 Å². The molecular formula is C22H28N2O2S2. The summed E-state index contributed by atoms with van der Waals surface area (Å²) >= 11 is 7.13. The molecule has 0 aliphatic heterocycles. The molecule has 0 spiro atoms. The van der Waals surface area contributed by atoms with Gasteiger partial charge in [0.15, 0.2) is 5.11 Å². The molecule has 3 rings (SSSR count). The number of ether oxygens (including phenoxy) is 1. The summed E-state index contributed by atoms with van der Waals surface area (Å²) in [5, 5.41) is 7.91. The minimum absolute atomic E-state index is 0.271. The first kappa shape index (κ1) is 20.8. The number of aryl methyl sites for hydroxylation is 2. The Morgan fingerprint density at radius 2 is 1.89 bits per heavy atom. The van der Waals surface area contributed by atoms with Crippen molar-refractivity contribution in [2.45, 2.75) is 51.4 Å².